The van der Waals surface area contributed by atoms with E-state index in [4.69, 9.17) is 5.26 Å². The van der Waals surface area contributed by atoms with Crippen LogP contribution in [0.4, 0.5) is 11.4 Å². The van der Waals surface area contributed by atoms with Gasteiger partial charge in [0.05, 0.1) is 16.6 Å². The van der Waals surface area contributed by atoms with Gasteiger partial charge < -0.3 is 5.32 Å². The fourth-order valence-electron chi connectivity index (χ4n) is 1.85. The largest absolute Gasteiger partial charge is 0.379 e. The van der Waals surface area contributed by atoms with E-state index >= 15 is 0 Å². The van der Waals surface area contributed by atoms with Crippen LogP contribution in [0.2, 0.25) is 0 Å². The normalized spacial score (nSPS) is 14.8. The van der Waals surface area contributed by atoms with E-state index in [0.717, 1.165) is 6.54 Å². The van der Waals surface area contributed by atoms with E-state index in [2.05, 4.69) is 5.32 Å². The highest BCUT2D eigenvalue weighted by Crippen LogP contribution is 2.29. The van der Waals surface area contributed by atoms with E-state index in [1.807, 2.05) is 6.07 Å². The molecule has 1 aromatic carbocycles. The van der Waals surface area contributed by atoms with E-state index < -0.39 is 4.92 Å². The van der Waals surface area contributed by atoms with E-state index in [9.17, 15) is 10.1 Å². The number of nitriles is 1. The number of hydrogen-bond donors (Lipinski definition) is 1. The molecule has 0 aromatic heterocycles. The molecule has 0 spiro atoms. The number of hydrogen-bond acceptors (Lipinski definition) is 4. The van der Waals surface area contributed by atoms with Crippen molar-refractivity contribution < 1.29 is 4.92 Å². The molecule has 0 saturated heterocycles. The summed E-state index contributed by atoms with van der Waals surface area (Å²) in [6.07, 6.45) is 3.63. The standard InChI is InChI=1S/C12H13N3O2/c13-7-10-4-5-11(12(6-10)15(16)17)14-8-9-2-1-3-9/h4-6,9,14H,1-3,8H2. The molecule has 0 heterocycles. The molecule has 0 radical (unpaired) electrons. The number of nitrogens with zero attached hydrogens (tertiary/aromatic N) is 2. The van der Waals surface area contributed by atoms with E-state index in [1.54, 1.807) is 12.1 Å². The first-order chi connectivity index (χ1) is 8.20. The molecule has 1 aromatic rings. The highest BCUT2D eigenvalue weighted by atomic mass is 16.6. The van der Waals surface area contributed by atoms with Crippen molar-refractivity contribution in [3.63, 3.8) is 0 Å². The van der Waals surface area contributed by atoms with Crippen LogP contribution in [0.5, 0.6) is 0 Å². The Labute approximate surface area is 99.2 Å². The molecule has 17 heavy (non-hydrogen) atoms. The van der Waals surface area contributed by atoms with Crippen molar-refractivity contribution in [2.45, 2.75) is 19.3 Å². The van der Waals surface area contributed by atoms with Gasteiger partial charge in [0.2, 0.25) is 0 Å². The van der Waals surface area contributed by atoms with E-state index in [0.29, 0.717) is 17.2 Å². The van der Waals surface area contributed by atoms with Crippen molar-refractivity contribution >= 4 is 11.4 Å². The lowest BCUT2D eigenvalue weighted by Crippen LogP contribution is -2.21. The van der Waals surface area contributed by atoms with Gasteiger partial charge in [-0.05, 0) is 30.9 Å². The minimum atomic E-state index is -0.454. The van der Waals surface area contributed by atoms with Crippen LogP contribution in [0.3, 0.4) is 0 Å². The van der Waals surface area contributed by atoms with E-state index in [-0.39, 0.29) is 5.69 Å². The molecule has 1 N–H and O–H groups in total. The van der Waals surface area contributed by atoms with Crippen LogP contribution in [-0.4, -0.2) is 11.5 Å². The Morgan fingerprint density at radius 2 is 2.29 bits per heavy atom. The van der Waals surface area contributed by atoms with Crippen LogP contribution in [0.1, 0.15) is 24.8 Å². The second kappa shape index (κ2) is 4.83. The van der Waals surface area contributed by atoms with Gasteiger partial charge in [-0.3, -0.25) is 10.1 Å². The van der Waals surface area contributed by atoms with Crippen LogP contribution in [-0.2, 0) is 0 Å². The summed E-state index contributed by atoms with van der Waals surface area (Å²) in [6, 6.07) is 6.41. The van der Waals surface area contributed by atoms with Gasteiger partial charge in [0, 0.05) is 12.6 Å². The Kier molecular flexibility index (Phi) is 3.24. The molecule has 0 aliphatic heterocycles. The van der Waals surface area contributed by atoms with Gasteiger partial charge in [0.1, 0.15) is 5.69 Å². The Morgan fingerprint density at radius 1 is 1.53 bits per heavy atom. The molecule has 88 valence electrons. The van der Waals surface area contributed by atoms with Crippen molar-refractivity contribution in [3.05, 3.63) is 33.9 Å². The highest BCUT2D eigenvalue weighted by Gasteiger charge is 2.19. The quantitative estimate of drug-likeness (QED) is 0.638. The van der Waals surface area contributed by atoms with Crippen molar-refractivity contribution in [2.75, 3.05) is 11.9 Å². The van der Waals surface area contributed by atoms with Gasteiger partial charge in [-0.15, -0.1) is 0 Å². The summed E-state index contributed by atoms with van der Waals surface area (Å²) in [5.41, 5.74) is 0.787. The summed E-state index contributed by atoms with van der Waals surface area (Å²) < 4.78 is 0. The fraction of sp³-hybridized carbons (Fsp3) is 0.417. The summed E-state index contributed by atoms with van der Waals surface area (Å²) in [7, 11) is 0. The fourth-order valence-corrected chi connectivity index (χ4v) is 1.85. The second-order valence-corrected chi connectivity index (χ2v) is 4.28. The summed E-state index contributed by atoms with van der Waals surface area (Å²) in [5, 5.41) is 22.7. The maximum Gasteiger partial charge on any atom is 0.293 e. The zero-order valence-electron chi connectivity index (χ0n) is 9.35. The lowest BCUT2D eigenvalue weighted by atomic mass is 9.85. The van der Waals surface area contributed by atoms with Crippen LogP contribution in [0.25, 0.3) is 0 Å². The van der Waals surface area contributed by atoms with Gasteiger partial charge in [-0.1, -0.05) is 6.42 Å². The van der Waals surface area contributed by atoms with Crippen LogP contribution in [0, 0.1) is 27.4 Å². The third-order valence-corrected chi connectivity index (χ3v) is 3.13. The molecule has 0 amide bonds. The van der Waals surface area contributed by atoms with Crippen molar-refractivity contribution in [3.8, 4) is 6.07 Å². The molecule has 2 rings (SSSR count). The first-order valence-corrected chi connectivity index (χ1v) is 5.63. The van der Waals surface area contributed by atoms with Gasteiger partial charge >= 0.3 is 0 Å². The average Bonchev–Trinajstić information content (AvgIpc) is 2.27. The first kappa shape index (κ1) is 11.4. The van der Waals surface area contributed by atoms with Crippen LogP contribution in [0.15, 0.2) is 18.2 Å². The van der Waals surface area contributed by atoms with Crippen molar-refractivity contribution in [2.24, 2.45) is 5.92 Å². The Balaban J connectivity index is 2.14. The second-order valence-electron chi connectivity index (χ2n) is 4.28. The Hall–Kier alpha value is -2.09. The minimum absolute atomic E-state index is 0.0247. The number of nitrogens with one attached hydrogen (secondary N) is 1. The zero-order valence-corrected chi connectivity index (χ0v) is 9.35. The molecule has 0 atom stereocenters. The van der Waals surface area contributed by atoms with Gasteiger partial charge in [0.25, 0.3) is 5.69 Å². The first-order valence-electron chi connectivity index (χ1n) is 5.63. The van der Waals surface area contributed by atoms with Crippen LogP contribution < -0.4 is 5.32 Å². The van der Waals surface area contributed by atoms with Crippen molar-refractivity contribution in [1.29, 1.82) is 5.26 Å². The minimum Gasteiger partial charge on any atom is -0.379 e. The molecule has 0 bridgehead atoms. The van der Waals surface area contributed by atoms with Crippen molar-refractivity contribution in [1.82, 2.24) is 0 Å². The number of rotatable bonds is 4. The predicted octanol–water partition coefficient (Wildman–Crippen LogP) is 2.68. The van der Waals surface area contributed by atoms with Gasteiger partial charge in [-0.2, -0.15) is 5.26 Å². The SMILES string of the molecule is N#Cc1ccc(NCC2CCC2)c([N+](=O)[O-])c1. The molecular formula is C12H13N3O2. The molecule has 1 aliphatic carbocycles. The van der Waals surface area contributed by atoms with Gasteiger partial charge in [-0.25, -0.2) is 0 Å². The maximum atomic E-state index is 10.9. The Morgan fingerprint density at radius 3 is 2.82 bits per heavy atom. The third kappa shape index (κ3) is 2.53. The summed E-state index contributed by atoms with van der Waals surface area (Å²) in [6.45, 7) is 0.771. The molecule has 1 saturated carbocycles. The lowest BCUT2D eigenvalue weighted by molar-refractivity contribution is -0.384. The topological polar surface area (TPSA) is 79.0 Å². The number of anilines is 1. The average molecular weight is 231 g/mol. The van der Waals surface area contributed by atoms with Gasteiger partial charge in [0.15, 0.2) is 0 Å². The summed E-state index contributed by atoms with van der Waals surface area (Å²) in [4.78, 5) is 10.4. The van der Waals surface area contributed by atoms with E-state index in [1.165, 1.54) is 25.3 Å². The monoisotopic (exact) mass is 231 g/mol. The maximum absolute atomic E-state index is 10.9. The summed E-state index contributed by atoms with van der Waals surface area (Å²) in [5.74, 6) is 0.630. The smallest absolute Gasteiger partial charge is 0.293 e. The molecule has 0 unspecified atom stereocenters. The highest BCUT2D eigenvalue weighted by molar-refractivity contribution is 5.64. The number of nitro groups is 1. The molecule has 1 aliphatic rings. The molecule has 1 fully saturated rings. The predicted molar refractivity (Wildman–Crippen MR) is 63.6 cm³/mol. The Bertz CT molecular complexity index is 475. The summed E-state index contributed by atoms with van der Waals surface area (Å²) >= 11 is 0. The third-order valence-electron chi connectivity index (χ3n) is 3.13. The zero-order chi connectivity index (χ0) is 12.3. The molecule has 5 heteroatoms. The lowest BCUT2D eigenvalue weighted by Gasteiger charge is -2.25. The van der Waals surface area contributed by atoms with Crippen LogP contribution >= 0.6 is 0 Å². The molecule has 5 nitrogen and oxygen atoms in total. The number of benzene rings is 1. The number of nitro benzene ring substituents is 1. The molecular weight excluding hydrogens is 218 g/mol.